The Bertz CT molecular complexity index is 1390. The van der Waals surface area contributed by atoms with Crippen LogP contribution in [0.1, 0.15) is 11.1 Å². The third kappa shape index (κ3) is 4.25. The molecule has 2 nitrogen and oxygen atoms in total. The largest absolute Gasteiger partial charge is 0.317 e. The minimum atomic E-state index is -1.01. The van der Waals surface area contributed by atoms with Gasteiger partial charge in [0.25, 0.3) is 0 Å². The van der Waals surface area contributed by atoms with Crippen molar-refractivity contribution in [1.82, 2.24) is 0 Å². The van der Waals surface area contributed by atoms with Crippen molar-refractivity contribution >= 4 is 28.2 Å². The van der Waals surface area contributed by atoms with Crippen LogP contribution in [0.15, 0.2) is 133 Å². The molecular formula is C31H24O2P2. The minimum absolute atomic E-state index is 0.135. The third-order valence-corrected chi connectivity index (χ3v) is 8.14. The van der Waals surface area contributed by atoms with Crippen molar-refractivity contribution < 1.29 is 9.05 Å². The van der Waals surface area contributed by atoms with E-state index in [0.29, 0.717) is 0 Å². The lowest BCUT2D eigenvalue weighted by Gasteiger charge is -2.33. The van der Waals surface area contributed by atoms with Crippen LogP contribution in [0.3, 0.4) is 0 Å². The van der Waals surface area contributed by atoms with Crippen LogP contribution in [0.25, 0.3) is 22.3 Å². The zero-order valence-electron chi connectivity index (χ0n) is 19.0. The molecule has 0 spiro atoms. The van der Waals surface area contributed by atoms with Crippen molar-refractivity contribution in [1.29, 1.82) is 0 Å². The smallest absolute Gasteiger partial charge is 0.230 e. The molecule has 0 N–H and O–H groups in total. The second-order valence-corrected chi connectivity index (χ2v) is 10.4. The summed E-state index contributed by atoms with van der Waals surface area (Å²) in [4.78, 5) is 0. The zero-order valence-corrected chi connectivity index (χ0v) is 21.0. The van der Waals surface area contributed by atoms with E-state index in [1.54, 1.807) is 0 Å². The highest BCUT2D eigenvalue weighted by atomic mass is 31.1. The first kappa shape index (κ1) is 22.4. The van der Waals surface area contributed by atoms with Crippen molar-refractivity contribution in [2.24, 2.45) is 0 Å². The van der Waals surface area contributed by atoms with Gasteiger partial charge >= 0.3 is 0 Å². The number of hydrogen-bond donors (Lipinski definition) is 0. The number of rotatable bonds is 7. The SMILES string of the molecule is c1ccc(POC2(OPc3ccccc3)c3ccccc3-c3cccc(-c4ccccc4)c32)cc1. The first-order chi connectivity index (χ1) is 17.4. The van der Waals surface area contributed by atoms with E-state index in [-0.39, 0.29) is 17.6 Å². The Kier molecular flexibility index (Phi) is 6.30. The van der Waals surface area contributed by atoms with E-state index < -0.39 is 5.79 Å². The van der Waals surface area contributed by atoms with Gasteiger partial charge < -0.3 is 9.05 Å². The van der Waals surface area contributed by atoms with E-state index in [4.69, 9.17) is 9.05 Å². The maximum absolute atomic E-state index is 6.93. The highest BCUT2D eigenvalue weighted by Gasteiger charge is 2.48. The van der Waals surface area contributed by atoms with Gasteiger partial charge in [-0.15, -0.1) is 0 Å². The number of hydrogen-bond acceptors (Lipinski definition) is 2. The quantitative estimate of drug-likeness (QED) is 0.175. The van der Waals surface area contributed by atoms with Gasteiger partial charge in [-0.05, 0) is 32.9 Å². The molecule has 0 amide bonds. The van der Waals surface area contributed by atoms with Gasteiger partial charge in [-0.25, -0.2) is 0 Å². The Hall–Kier alpha value is -3.12. The molecule has 0 bridgehead atoms. The molecule has 0 aliphatic heterocycles. The molecule has 2 atom stereocenters. The molecule has 0 radical (unpaired) electrons. The van der Waals surface area contributed by atoms with E-state index in [1.807, 2.05) is 12.1 Å². The maximum Gasteiger partial charge on any atom is 0.230 e. The van der Waals surface area contributed by atoms with E-state index in [0.717, 1.165) is 44.0 Å². The van der Waals surface area contributed by atoms with E-state index >= 15 is 0 Å². The molecule has 0 heterocycles. The fourth-order valence-electron chi connectivity index (χ4n) is 4.64. The van der Waals surface area contributed by atoms with Gasteiger partial charge in [-0.3, -0.25) is 0 Å². The molecule has 1 aliphatic rings. The summed E-state index contributed by atoms with van der Waals surface area (Å²) >= 11 is 0. The lowest BCUT2D eigenvalue weighted by atomic mass is 9.93. The molecule has 0 saturated carbocycles. The average Bonchev–Trinajstić information content (AvgIpc) is 3.23. The number of fused-ring (bicyclic) bond motifs is 3. The molecule has 0 fully saturated rings. The highest BCUT2D eigenvalue weighted by Crippen LogP contribution is 2.57. The predicted molar refractivity (Wildman–Crippen MR) is 149 cm³/mol. The Morgan fingerprint density at radius 3 is 1.54 bits per heavy atom. The van der Waals surface area contributed by atoms with Crippen molar-refractivity contribution in [3.05, 3.63) is 145 Å². The first-order valence-corrected chi connectivity index (χ1v) is 13.4. The standard InChI is InChI=1S/C31H24O2P2/c1-4-13-23(14-5-1)26-20-12-21-28-27-19-10-11-22-29(27)31(30(26)28,32-34-24-15-6-2-7-16-24)33-35-25-17-8-3-9-18-25/h1-22,34-35H. The third-order valence-electron chi connectivity index (χ3n) is 6.22. The molecule has 170 valence electrons. The average molecular weight is 490 g/mol. The van der Waals surface area contributed by atoms with E-state index in [9.17, 15) is 0 Å². The molecule has 35 heavy (non-hydrogen) atoms. The zero-order chi connectivity index (χ0) is 23.5. The number of benzene rings is 5. The normalized spacial score (nSPS) is 16.7. The summed E-state index contributed by atoms with van der Waals surface area (Å²) in [5.74, 6) is -1.01. The van der Waals surface area contributed by atoms with Crippen LogP contribution < -0.4 is 10.6 Å². The Morgan fingerprint density at radius 1 is 0.429 bits per heavy atom. The summed E-state index contributed by atoms with van der Waals surface area (Å²) in [6.07, 6.45) is 0. The fraction of sp³-hybridized carbons (Fsp3) is 0.0323. The fourth-order valence-corrected chi connectivity index (χ4v) is 6.41. The van der Waals surface area contributed by atoms with Crippen LogP contribution in [0.4, 0.5) is 0 Å². The van der Waals surface area contributed by atoms with Gasteiger partial charge in [-0.2, -0.15) is 0 Å². The van der Waals surface area contributed by atoms with Crippen molar-refractivity contribution in [3.63, 3.8) is 0 Å². The van der Waals surface area contributed by atoms with Gasteiger partial charge in [0.15, 0.2) is 0 Å². The first-order valence-electron chi connectivity index (χ1n) is 11.6. The molecule has 4 heteroatoms. The molecule has 6 rings (SSSR count). The summed E-state index contributed by atoms with van der Waals surface area (Å²) in [6, 6.07) is 46.2. The minimum Gasteiger partial charge on any atom is -0.317 e. The van der Waals surface area contributed by atoms with Crippen LogP contribution in [0, 0.1) is 0 Å². The molecule has 2 unspecified atom stereocenters. The topological polar surface area (TPSA) is 18.5 Å². The van der Waals surface area contributed by atoms with Gasteiger partial charge in [-0.1, -0.05) is 133 Å². The second-order valence-electron chi connectivity index (χ2n) is 8.40. The molecular weight excluding hydrogens is 466 g/mol. The van der Waals surface area contributed by atoms with Gasteiger partial charge in [0.1, 0.15) is 0 Å². The monoisotopic (exact) mass is 490 g/mol. The summed E-state index contributed by atoms with van der Waals surface area (Å²) in [7, 11) is 0.269. The highest BCUT2D eigenvalue weighted by molar-refractivity contribution is 7.42. The summed E-state index contributed by atoms with van der Waals surface area (Å²) in [5, 5.41) is 2.28. The molecule has 0 saturated heterocycles. The summed E-state index contributed by atoms with van der Waals surface area (Å²) < 4.78 is 13.9. The Balaban J connectivity index is 1.54. The molecule has 0 aromatic heterocycles. The summed E-state index contributed by atoms with van der Waals surface area (Å²) in [6.45, 7) is 0. The van der Waals surface area contributed by atoms with Gasteiger partial charge in [0, 0.05) is 11.1 Å². The van der Waals surface area contributed by atoms with Crippen LogP contribution in [0.2, 0.25) is 0 Å². The van der Waals surface area contributed by atoms with E-state index in [1.165, 1.54) is 0 Å². The van der Waals surface area contributed by atoms with Crippen LogP contribution in [0.5, 0.6) is 0 Å². The lowest BCUT2D eigenvalue weighted by molar-refractivity contribution is -0.0562. The molecule has 1 aliphatic carbocycles. The van der Waals surface area contributed by atoms with Gasteiger partial charge in [0.05, 0.1) is 17.6 Å². The van der Waals surface area contributed by atoms with Crippen LogP contribution >= 0.6 is 17.6 Å². The predicted octanol–water partition coefficient (Wildman–Crippen LogP) is 7.41. The molecule has 5 aromatic carbocycles. The van der Waals surface area contributed by atoms with E-state index in [2.05, 4.69) is 121 Å². The Morgan fingerprint density at radius 2 is 0.914 bits per heavy atom. The maximum atomic E-state index is 6.93. The van der Waals surface area contributed by atoms with Gasteiger partial charge in [0.2, 0.25) is 5.79 Å². The molecule has 5 aromatic rings. The van der Waals surface area contributed by atoms with Crippen molar-refractivity contribution in [3.8, 4) is 22.3 Å². The van der Waals surface area contributed by atoms with Crippen molar-refractivity contribution in [2.45, 2.75) is 5.79 Å². The van der Waals surface area contributed by atoms with Crippen molar-refractivity contribution in [2.75, 3.05) is 0 Å². The Labute approximate surface area is 209 Å². The van der Waals surface area contributed by atoms with Crippen LogP contribution in [-0.4, -0.2) is 0 Å². The van der Waals surface area contributed by atoms with Crippen LogP contribution in [-0.2, 0) is 14.8 Å². The second kappa shape index (κ2) is 9.86. The lowest BCUT2D eigenvalue weighted by Crippen LogP contribution is -2.29. The summed E-state index contributed by atoms with van der Waals surface area (Å²) in [5.41, 5.74) is 6.76.